The lowest BCUT2D eigenvalue weighted by Crippen LogP contribution is -2.35. The molecule has 5 nitrogen and oxygen atoms in total. The van der Waals surface area contributed by atoms with Crippen molar-refractivity contribution < 1.29 is 9.53 Å². The number of carbonyl (C=O) groups is 1. The van der Waals surface area contributed by atoms with Gasteiger partial charge in [-0.2, -0.15) is 5.10 Å². The normalized spacial score (nSPS) is 12.3. The van der Waals surface area contributed by atoms with E-state index in [4.69, 9.17) is 4.74 Å². The molecule has 0 atom stereocenters. The number of rotatable bonds is 6. The van der Waals surface area contributed by atoms with Gasteiger partial charge in [-0.15, -0.1) is 0 Å². The Bertz CT molecular complexity index is 730. The lowest BCUT2D eigenvalue weighted by molar-refractivity contribution is -0.132. The fourth-order valence-electron chi connectivity index (χ4n) is 3.20. The number of fused-ring (bicyclic) bond motifs is 3. The molecule has 24 heavy (non-hydrogen) atoms. The Balaban J connectivity index is 1.89. The number of carbonyl (C=O) groups excluding carboxylic acids is 1. The highest BCUT2D eigenvalue weighted by molar-refractivity contribution is 5.78. The number of ether oxygens (including phenoxy) is 1. The second kappa shape index (κ2) is 7.07. The first kappa shape index (κ1) is 16.6. The van der Waals surface area contributed by atoms with Crippen molar-refractivity contribution in [3.8, 4) is 17.0 Å². The van der Waals surface area contributed by atoms with E-state index < -0.39 is 0 Å². The van der Waals surface area contributed by atoms with Crippen LogP contribution in [0.2, 0.25) is 0 Å². The zero-order chi connectivity index (χ0) is 17.1. The lowest BCUT2D eigenvalue weighted by atomic mass is 10.0. The van der Waals surface area contributed by atoms with Crippen molar-refractivity contribution in [2.45, 2.75) is 46.8 Å². The molecular formula is C19H25N3O2. The average Bonchev–Trinajstić information content (AvgIpc) is 2.98. The molecule has 0 aliphatic carbocycles. The average molecular weight is 327 g/mol. The molecule has 0 saturated heterocycles. The van der Waals surface area contributed by atoms with Gasteiger partial charge in [0.25, 0.3) is 0 Å². The van der Waals surface area contributed by atoms with Crippen LogP contribution in [0.3, 0.4) is 0 Å². The SMILES string of the molecule is CCCN(CCC)C(=O)Cn1ncc2c1-c1cc(C)ccc1OC2. The van der Waals surface area contributed by atoms with Crippen molar-refractivity contribution in [2.75, 3.05) is 13.1 Å². The first-order chi connectivity index (χ1) is 11.6. The molecule has 128 valence electrons. The van der Waals surface area contributed by atoms with Crippen molar-refractivity contribution in [1.82, 2.24) is 14.7 Å². The molecular weight excluding hydrogens is 302 g/mol. The van der Waals surface area contributed by atoms with Crippen LogP contribution in [0.15, 0.2) is 24.4 Å². The van der Waals surface area contributed by atoms with E-state index in [0.717, 1.165) is 48.5 Å². The minimum absolute atomic E-state index is 0.130. The van der Waals surface area contributed by atoms with Crippen LogP contribution >= 0.6 is 0 Å². The monoisotopic (exact) mass is 327 g/mol. The third-order valence-corrected chi connectivity index (χ3v) is 4.31. The van der Waals surface area contributed by atoms with E-state index in [1.807, 2.05) is 27.9 Å². The summed E-state index contributed by atoms with van der Waals surface area (Å²) in [5, 5.41) is 4.46. The number of aromatic nitrogens is 2. The maximum atomic E-state index is 12.7. The van der Waals surface area contributed by atoms with Gasteiger partial charge in [0, 0.05) is 24.2 Å². The third-order valence-electron chi connectivity index (χ3n) is 4.31. The van der Waals surface area contributed by atoms with Crippen LogP contribution < -0.4 is 4.74 Å². The summed E-state index contributed by atoms with van der Waals surface area (Å²) in [6.45, 7) is 8.65. The van der Waals surface area contributed by atoms with Crippen LogP contribution in [-0.2, 0) is 17.9 Å². The summed E-state index contributed by atoms with van der Waals surface area (Å²) in [7, 11) is 0. The summed E-state index contributed by atoms with van der Waals surface area (Å²) in [6, 6.07) is 6.14. The molecule has 1 aromatic carbocycles. The zero-order valence-electron chi connectivity index (χ0n) is 14.7. The second-order valence-electron chi connectivity index (χ2n) is 6.35. The maximum absolute atomic E-state index is 12.7. The van der Waals surface area contributed by atoms with E-state index in [-0.39, 0.29) is 12.5 Å². The van der Waals surface area contributed by atoms with Crippen molar-refractivity contribution >= 4 is 5.91 Å². The molecule has 2 heterocycles. The number of hydrogen-bond donors (Lipinski definition) is 0. The van der Waals surface area contributed by atoms with Gasteiger partial charge >= 0.3 is 0 Å². The van der Waals surface area contributed by atoms with Gasteiger partial charge in [0.05, 0.1) is 11.9 Å². The number of benzene rings is 1. The standard InChI is InChI=1S/C19H25N3O2/c1-4-8-21(9-5-2)18(23)12-22-19-15(11-20-22)13-24-17-7-6-14(3)10-16(17)19/h6-7,10-11H,4-5,8-9,12-13H2,1-3H3. The Kier molecular flexibility index (Phi) is 4.88. The molecule has 0 radical (unpaired) electrons. The van der Waals surface area contributed by atoms with Gasteiger partial charge in [-0.05, 0) is 31.9 Å². The third kappa shape index (κ3) is 3.16. The fraction of sp³-hybridized carbons (Fsp3) is 0.474. The smallest absolute Gasteiger partial charge is 0.244 e. The van der Waals surface area contributed by atoms with E-state index in [9.17, 15) is 4.79 Å². The van der Waals surface area contributed by atoms with Gasteiger partial charge in [-0.25, -0.2) is 0 Å². The number of amides is 1. The van der Waals surface area contributed by atoms with Gasteiger partial charge in [0.15, 0.2) is 0 Å². The minimum atomic E-state index is 0.130. The molecule has 0 bridgehead atoms. The van der Waals surface area contributed by atoms with E-state index in [1.165, 1.54) is 5.56 Å². The van der Waals surface area contributed by atoms with Crippen LogP contribution in [0.4, 0.5) is 0 Å². The van der Waals surface area contributed by atoms with Crippen LogP contribution in [0.25, 0.3) is 11.3 Å². The van der Waals surface area contributed by atoms with Crippen LogP contribution in [0, 0.1) is 6.92 Å². The molecule has 0 unspecified atom stereocenters. The molecule has 1 amide bonds. The zero-order valence-corrected chi connectivity index (χ0v) is 14.7. The molecule has 2 aromatic rings. The van der Waals surface area contributed by atoms with Crippen LogP contribution in [-0.4, -0.2) is 33.7 Å². The molecule has 3 rings (SSSR count). The molecule has 1 aliphatic rings. The number of nitrogens with zero attached hydrogens (tertiary/aromatic N) is 3. The molecule has 1 aliphatic heterocycles. The number of hydrogen-bond acceptors (Lipinski definition) is 3. The Morgan fingerprint density at radius 2 is 2.04 bits per heavy atom. The fourth-order valence-corrected chi connectivity index (χ4v) is 3.20. The quantitative estimate of drug-likeness (QED) is 0.817. The van der Waals surface area contributed by atoms with E-state index in [0.29, 0.717) is 6.61 Å². The van der Waals surface area contributed by atoms with Crippen molar-refractivity contribution in [3.63, 3.8) is 0 Å². The second-order valence-corrected chi connectivity index (χ2v) is 6.35. The van der Waals surface area contributed by atoms with Crippen molar-refractivity contribution in [1.29, 1.82) is 0 Å². The largest absolute Gasteiger partial charge is 0.488 e. The lowest BCUT2D eigenvalue weighted by Gasteiger charge is -2.23. The van der Waals surface area contributed by atoms with E-state index in [2.05, 4.69) is 31.9 Å². The van der Waals surface area contributed by atoms with Crippen molar-refractivity contribution in [2.24, 2.45) is 0 Å². The topological polar surface area (TPSA) is 47.4 Å². The Labute approximate surface area is 143 Å². The molecule has 0 spiro atoms. The summed E-state index contributed by atoms with van der Waals surface area (Å²) in [4.78, 5) is 14.6. The highest BCUT2D eigenvalue weighted by Crippen LogP contribution is 2.37. The highest BCUT2D eigenvalue weighted by atomic mass is 16.5. The van der Waals surface area contributed by atoms with Crippen molar-refractivity contribution in [3.05, 3.63) is 35.5 Å². The Morgan fingerprint density at radius 3 is 2.75 bits per heavy atom. The summed E-state index contributed by atoms with van der Waals surface area (Å²) < 4.78 is 7.63. The Morgan fingerprint density at radius 1 is 1.29 bits per heavy atom. The first-order valence-electron chi connectivity index (χ1n) is 8.70. The summed E-state index contributed by atoms with van der Waals surface area (Å²) in [6.07, 6.45) is 3.76. The summed E-state index contributed by atoms with van der Waals surface area (Å²) in [5.74, 6) is 0.992. The molecule has 0 N–H and O–H groups in total. The molecule has 0 fully saturated rings. The van der Waals surface area contributed by atoms with Gasteiger partial charge in [0.1, 0.15) is 18.9 Å². The predicted octanol–water partition coefficient (Wildman–Crippen LogP) is 3.40. The van der Waals surface area contributed by atoms with Crippen LogP contribution in [0.5, 0.6) is 5.75 Å². The first-order valence-corrected chi connectivity index (χ1v) is 8.70. The van der Waals surface area contributed by atoms with Crippen LogP contribution in [0.1, 0.15) is 37.8 Å². The van der Waals surface area contributed by atoms with Gasteiger partial charge in [-0.1, -0.05) is 25.5 Å². The van der Waals surface area contributed by atoms with Gasteiger partial charge < -0.3 is 9.64 Å². The maximum Gasteiger partial charge on any atom is 0.244 e. The minimum Gasteiger partial charge on any atom is -0.488 e. The highest BCUT2D eigenvalue weighted by Gasteiger charge is 2.24. The summed E-state index contributed by atoms with van der Waals surface area (Å²) in [5.41, 5.74) is 4.25. The van der Waals surface area contributed by atoms with E-state index >= 15 is 0 Å². The molecule has 1 aromatic heterocycles. The van der Waals surface area contributed by atoms with Gasteiger partial charge in [-0.3, -0.25) is 9.48 Å². The molecule has 5 heteroatoms. The van der Waals surface area contributed by atoms with E-state index in [1.54, 1.807) is 0 Å². The van der Waals surface area contributed by atoms with Gasteiger partial charge in [0.2, 0.25) is 5.91 Å². The number of aryl methyl sites for hydroxylation is 1. The summed E-state index contributed by atoms with van der Waals surface area (Å²) >= 11 is 0. The predicted molar refractivity (Wildman–Crippen MR) is 93.9 cm³/mol. The Hall–Kier alpha value is -2.30. The molecule has 0 saturated carbocycles.